The van der Waals surface area contributed by atoms with Gasteiger partial charge in [-0.05, 0) is 35.4 Å². The van der Waals surface area contributed by atoms with E-state index in [1.54, 1.807) is 29.1 Å². The third kappa shape index (κ3) is 2.89. The number of fused-ring (bicyclic) bond motifs is 1. The van der Waals surface area contributed by atoms with Crippen LogP contribution >= 0.6 is 23.0 Å². The third-order valence-electron chi connectivity index (χ3n) is 3.17. The summed E-state index contributed by atoms with van der Waals surface area (Å²) in [7, 11) is -3.74. The monoisotopic (exact) mass is 427 g/mol. The molecule has 0 unspecified atom stereocenters. The molecule has 0 aliphatic rings. The van der Waals surface area contributed by atoms with Gasteiger partial charge < -0.3 is 3.07 Å². The molecular weight excluding hydrogens is 417 g/mol. The summed E-state index contributed by atoms with van der Waals surface area (Å²) in [6, 6.07) is 12.0. The largest absolute Gasteiger partial charge is 0.407 e. The number of primary sulfonamides is 1. The molecule has 0 saturated carbocycles. The average Bonchev–Trinajstić information content (AvgIpc) is 2.53. The first kappa shape index (κ1) is 15.1. The van der Waals surface area contributed by atoms with Gasteiger partial charge in [0.2, 0.25) is 15.9 Å². The van der Waals surface area contributed by atoms with Crippen molar-refractivity contribution in [3.63, 3.8) is 0 Å². The summed E-state index contributed by atoms with van der Waals surface area (Å²) in [4.78, 5) is 8.30. The number of nitrogens with zero attached hydrogens (tertiary/aromatic N) is 2. The Morgan fingerprint density at radius 3 is 2.55 bits per heavy atom. The summed E-state index contributed by atoms with van der Waals surface area (Å²) < 4.78 is 28.1. The van der Waals surface area contributed by atoms with E-state index in [4.69, 9.17) is 8.21 Å². The number of sulfonamides is 1. The predicted molar refractivity (Wildman–Crippen MR) is 91.0 cm³/mol. The SMILES string of the molecule is NS(=O)(=O)c1cccc(-c2ccc3ncnc(OI)c3c2)c1. The van der Waals surface area contributed by atoms with Gasteiger partial charge in [-0.15, -0.1) is 0 Å². The van der Waals surface area contributed by atoms with E-state index >= 15 is 0 Å². The highest BCUT2D eigenvalue weighted by Gasteiger charge is 2.10. The lowest BCUT2D eigenvalue weighted by atomic mass is 10.0. The molecule has 0 aliphatic carbocycles. The van der Waals surface area contributed by atoms with E-state index in [9.17, 15) is 8.42 Å². The highest BCUT2D eigenvalue weighted by Crippen LogP contribution is 2.29. The topological polar surface area (TPSA) is 95.2 Å². The molecule has 0 fully saturated rings. The van der Waals surface area contributed by atoms with Crippen LogP contribution in [0.1, 0.15) is 0 Å². The summed E-state index contributed by atoms with van der Waals surface area (Å²) in [6.45, 7) is 0. The normalized spacial score (nSPS) is 11.5. The van der Waals surface area contributed by atoms with Crippen LogP contribution in [0, 0.1) is 0 Å². The number of benzene rings is 2. The molecule has 1 heterocycles. The van der Waals surface area contributed by atoms with Crippen molar-refractivity contribution in [3.8, 4) is 17.0 Å². The zero-order valence-corrected chi connectivity index (χ0v) is 14.1. The molecule has 112 valence electrons. The molecule has 22 heavy (non-hydrogen) atoms. The molecular formula is C14H10IN3O3S. The summed E-state index contributed by atoms with van der Waals surface area (Å²) in [6.07, 6.45) is 1.43. The number of aromatic nitrogens is 2. The van der Waals surface area contributed by atoms with E-state index in [0.29, 0.717) is 5.88 Å². The minimum atomic E-state index is -3.74. The quantitative estimate of drug-likeness (QED) is 0.649. The Morgan fingerprint density at radius 1 is 1.05 bits per heavy atom. The van der Waals surface area contributed by atoms with Crippen LogP contribution in [0.15, 0.2) is 53.7 Å². The fraction of sp³-hybridized carbons (Fsp3) is 0. The van der Waals surface area contributed by atoms with E-state index in [1.165, 1.54) is 18.5 Å². The number of rotatable bonds is 3. The Kier molecular flexibility index (Phi) is 3.98. The Balaban J connectivity index is 2.19. The van der Waals surface area contributed by atoms with Crippen molar-refractivity contribution >= 4 is 43.9 Å². The van der Waals surface area contributed by atoms with Gasteiger partial charge >= 0.3 is 0 Å². The molecule has 0 atom stereocenters. The Hall–Kier alpha value is -1.78. The number of hydrogen-bond acceptors (Lipinski definition) is 5. The second-order valence-corrected chi connectivity index (χ2v) is 6.56. The van der Waals surface area contributed by atoms with Gasteiger partial charge in [0.1, 0.15) is 6.33 Å². The average molecular weight is 427 g/mol. The lowest BCUT2D eigenvalue weighted by Gasteiger charge is -2.07. The standard InChI is InChI=1S/C14H10IN3O3S/c15-21-14-12-7-10(4-5-13(12)17-8-18-14)9-2-1-3-11(6-9)22(16,19)20/h1-8H,(H2,16,19,20). The molecule has 8 heteroatoms. The Bertz CT molecular complexity index is 960. The summed E-state index contributed by atoms with van der Waals surface area (Å²) >= 11 is 1.76. The molecule has 0 radical (unpaired) electrons. The molecule has 6 nitrogen and oxygen atoms in total. The maximum absolute atomic E-state index is 11.5. The van der Waals surface area contributed by atoms with E-state index in [2.05, 4.69) is 9.97 Å². The fourth-order valence-electron chi connectivity index (χ4n) is 2.13. The highest BCUT2D eigenvalue weighted by molar-refractivity contribution is 14.1. The summed E-state index contributed by atoms with van der Waals surface area (Å²) in [5.74, 6) is 0.454. The molecule has 0 spiro atoms. The van der Waals surface area contributed by atoms with Gasteiger partial charge in [0.15, 0.2) is 23.0 Å². The van der Waals surface area contributed by atoms with Crippen molar-refractivity contribution in [1.29, 1.82) is 0 Å². The molecule has 0 amide bonds. The number of nitrogens with two attached hydrogens (primary N) is 1. The van der Waals surface area contributed by atoms with Gasteiger partial charge in [-0.3, -0.25) is 0 Å². The Labute approximate surface area is 141 Å². The van der Waals surface area contributed by atoms with Gasteiger partial charge in [-0.1, -0.05) is 18.2 Å². The zero-order chi connectivity index (χ0) is 15.7. The molecule has 2 aromatic carbocycles. The number of hydrogen-bond donors (Lipinski definition) is 1. The lowest BCUT2D eigenvalue weighted by molar-refractivity contribution is 0.598. The number of halogens is 1. The van der Waals surface area contributed by atoms with Crippen LogP contribution in [0.25, 0.3) is 22.0 Å². The summed E-state index contributed by atoms with van der Waals surface area (Å²) in [5, 5.41) is 5.92. The molecule has 1 aromatic heterocycles. The van der Waals surface area contributed by atoms with E-state index in [0.717, 1.165) is 22.0 Å². The van der Waals surface area contributed by atoms with Gasteiger partial charge in [0.25, 0.3) is 0 Å². The van der Waals surface area contributed by atoms with Gasteiger partial charge in [0, 0.05) is 0 Å². The molecule has 0 aliphatic heterocycles. The Morgan fingerprint density at radius 2 is 1.82 bits per heavy atom. The second kappa shape index (κ2) is 5.78. The maximum atomic E-state index is 11.5. The van der Waals surface area contributed by atoms with E-state index in [1.807, 2.05) is 24.3 Å². The van der Waals surface area contributed by atoms with Crippen LogP contribution in [0.2, 0.25) is 0 Å². The van der Waals surface area contributed by atoms with Gasteiger partial charge in [-0.2, -0.15) is 0 Å². The van der Waals surface area contributed by atoms with Crippen molar-refractivity contribution in [1.82, 2.24) is 9.97 Å². The van der Waals surface area contributed by atoms with Crippen molar-refractivity contribution in [2.75, 3.05) is 0 Å². The van der Waals surface area contributed by atoms with Crippen LogP contribution in [0.4, 0.5) is 0 Å². The fourth-order valence-corrected chi connectivity index (χ4v) is 3.04. The van der Waals surface area contributed by atoms with Gasteiger partial charge in [-0.25, -0.2) is 23.5 Å². The lowest BCUT2D eigenvalue weighted by Crippen LogP contribution is -2.11. The van der Waals surface area contributed by atoms with Crippen LogP contribution in [-0.2, 0) is 10.0 Å². The van der Waals surface area contributed by atoms with E-state index in [-0.39, 0.29) is 4.90 Å². The minimum Gasteiger partial charge on any atom is -0.407 e. The molecule has 3 rings (SSSR count). The minimum absolute atomic E-state index is 0.0692. The van der Waals surface area contributed by atoms with Crippen LogP contribution in [-0.4, -0.2) is 18.4 Å². The molecule has 0 saturated heterocycles. The molecule has 2 N–H and O–H groups in total. The third-order valence-corrected chi connectivity index (χ3v) is 4.50. The molecule has 3 aromatic rings. The zero-order valence-electron chi connectivity index (χ0n) is 11.1. The first-order chi connectivity index (χ1) is 10.5. The first-order valence-electron chi connectivity index (χ1n) is 6.15. The van der Waals surface area contributed by atoms with Gasteiger partial charge in [0.05, 0.1) is 15.8 Å². The van der Waals surface area contributed by atoms with Crippen LogP contribution in [0.5, 0.6) is 5.88 Å². The smallest absolute Gasteiger partial charge is 0.238 e. The van der Waals surface area contributed by atoms with Crippen molar-refractivity contribution in [3.05, 3.63) is 48.8 Å². The van der Waals surface area contributed by atoms with Crippen molar-refractivity contribution < 1.29 is 11.5 Å². The van der Waals surface area contributed by atoms with Crippen LogP contribution < -0.4 is 8.21 Å². The molecule has 0 bridgehead atoms. The highest BCUT2D eigenvalue weighted by atomic mass is 127. The van der Waals surface area contributed by atoms with Crippen LogP contribution in [0.3, 0.4) is 0 Å². The first-order valence-corrected chi connectivity index (χ1v) is 8.58. The summed E-state index contributed by atoms with van der Waals surface area (Å²) in [5.41, 5.74) is 2.30. The van der Waals surface area contributed by atoms with E-state index < -0.39 is 10.0 Å². The maximum Gasteiger partial charge on any atom is 0.238 e. The predicted octanol–water partition coefficient (Wildman–Crippen LogP) is 2.67. The van der Waals surface area contributed by atoms with Crippen molar-refractivity contribution in [2.45, 2.75) is 4.90 Å². The van der Waals surface area contributed by atoms with Crippen molar-refractivity contribution in [2.24, 2.45) is 5.14 Å². The second-order valence-electron chi connectivity index (χ2n) is 4.56.